The molecule has 0 radical (unpaired) electrons. The molecule has 0 aliphatic rings. The normalized spacial score (nSPS) is 19.6. The van der Waals surface area contributed by atoms with Gasteiger partial charge >= 0.3 is 0 Å². The van der Waals surface area contributed by atoms with Crippen LogP contribution in [0, 0.1) is 17.3 Å². The molecule has 0 fully saturated rings. The molecule has 0 heterocycles. The van der Waals surface area contributed by atoms with Gasteiger partial charge in [-0.25, -0.2) is 0 Å². The Hall–Kier alpha value is -0.0400. The maximum atomic E-state index is 9.95. The van der Waals surface area contributed by atoms with Crippen molar-refractivity contribution < 1.29 is 5.11 Å². The second-order valence-corrected chi connectivity index (χ2v) is 5.58. The van der Waals surface area contributed by atoms with Gasteiger partial charge in [-0.1, -0.05) is 48.0 Å². The molecule has 0 aliphatic heterocycles. The second kappa shape index (κ2) is 4.99. The number of aliphatic hydroxyl groups is 1. The molecule has 0 saturated heterocycles. The van der Waals surface area contributed by atoms with E-state index >= 15 is 0 Å². The third-order valence-corrected chi connectivity index (χ3v) is 2.97. The molecule has 3 unspecified atom stereocenters. The summed E-state index contributed by atoms with van der Waals surface area (Å²) in [6.45, 7) is 13.1. The van der Waals surface area contributed by atoms with Crippen molar-refractivity contribution in [2.45, 2.75) is 60.5 Å². The van der Waals surface area contributed by atoms with Gasteiger partial charge in [0.1, 0.15) is 0 Å². The van der Waals surface area contributed by atoms with Crippen molar-refractivity contribution in [2.75, 3.05) is 0 Å². The van der Waals surface area contributed by atoms with Gasteiger partial charge in [0.2, 0.25) is 0 Å². The van der Waals surface area contributed by atoms with Crippen molar-refractivity contribution in [3.63, 3.8) is 0 Å². The minimum Gasteiger partial charge on any atom is -0.393 e. The first kappa shape index (κ1) is 13.0. The molecule has 1 N–H and O–H groups in total. The molecule has 0 aromatic carbocycles. The number of aliphatic hydroxyl groups excluding tert-OH is 1. The predicted molar refractivity (Wildman–Crippen MR) is 58.7 cm³/mol. The van der Waals surface area contributed by atoms with Crippen LogP contribution >= 0.6 is 0 Å². The molecule has 0 saturated carbocycles. The first-order chi connectivity index (χ1) is 5.78. The predicted octanol–water partition coefficient (Wildman–Crippen LogP) is 3.47. The fourth-order valence-electron chi connectivity index (χ4n) is 1.56. The molecule has 1 heteroatoms. The zero-order chi connectivity index (χ0) is 10.6. The van der Waals surface area contributed by atoms with Crippen LogP contribution in [0.5, 0.6) is 0 Å². The van der Waals surface area contributed by atoms with Gasteiger partial charge in [-0.3, -0.25) is 0 Å². The maximum Gasteiger partial charge on any atom is 0.0573 e. The van der Waals surface area contributed by atoms with Crippen LogP contribution in [-0.4, -0.2) is 11.2 Å². The van der Waals surface area contributed by atoms with Crippen LogP contribution in [-0.2, 0) is 0 Å². The molecule has 0 aliphatic carbocycles. The van der Waals surface area contributed by atoms with Crippen LogP contribution in [0.4, 0.5) is 0 Å². The van der Waals surface area contributed by atoms with E-state index in [1.807, 2.05) is 0 Å². The Morgan fingerprint density at radius 2 is 1.62 bits per heavy atom. The van der Waals surface area contributed by atoms with Crippen LogP contribution in [0.25, 0.3) is 0 Å². The van der Waals surface area contributed by atoms with E-state index in [1.165, 1.54) is 0 Å². The summed E-state index contributed by atoms with van der Waals surface area (Å²) >= 11 is 0. The second-order valence-electron chi connectivity index (χ2n) is 5.58. The lowest BCUT2D eigenvalue weighted by Gasteiger charge is -2.29. The van der Waals surface area contributed by atoms with E-state index in [2.05, 4.69) is 41.5 Å². The molecule has 0 aromatic heterocycles. The van der Waals surface area contributed by atoms with Crippen molar-refractivity contribution in [3.05, 3.63) is 0 Å². The number of hydrogen-bond acceptors (Lipinski definition) is 1. The minimum atomic E-state index is -0.144. The van der Waals surface area contributed by atoms with Crippen molar-refractivity contribution in [1.82, 2.24) is 0 Å². The lowest BCUT2D eigenvalue weighted by atomic mass is 9.80. The molecule has 0 bridgehead atoms. The lowest BCUT2D eigenvalue weighted by molar-refractivity contribution is 0.0496. The largest absolute Gasteiger partial charge is 0.393 e. The van der Waals surface area contributed by atoms with Gasteiger partial charge in [0.15, 0.2) is 0 Å². The third-order valence-electron chi connectivity index (χ3n) is 2.97. The van der Waals surface area contributed by atoms with Crippen LogP contribution in [0.3, 0.4) is 0 Å². The summed E-state index contributed by atoms with van der Waals surface area (Å²) in [7, 11) is 0. The van der Waals surface area contributed by atoms with E-state index in [-0.39, 0.29) is 11.5 Å². The highest BCUT2D eigenvalue weighted by molar-refractivity contribution is 4.75. The fraction of sp³-hybridized carbons (Fsp3) is 1.00. The number of hydrogen-bond donors (Lipinski definition) is 1. The topological polar surface area (TPSA) is 20.2 Å². The van der Waals surface area contributed by atoms with E-state index in [9.17, 15) is 5.11 Å². The van der Waals surface area contributed by atoms with E-state index in [1.54, 1.807) is 0 Å². The van der Waals surface area contributed by atoms with Crippen LogP contribution in [0.2, 0.25) is 0 Å². The quantitative estimate of drug-likeness (QED) is 0.713. The number of rotatable bonds is 4. The summed E-state index contributed by atoms with van der Waals surface area (Å²) in [4.78, 5) is 0. The monoisotopic (exact) mass is 186 g/mol. The molecular formula is C12H26O. The van der Waals surface area contributed by atoms with Crippen LogP contribution < -0.4 is 0 Å². The summed E-state index contributed by atoms with van der Waals surface area (Å²) in [5.41, 5.74) is 0.237. The third kappa shape index (κ3) is 5.30. The van der Waals surface area contributed by atoms with E-state index < -0.39 is 0 Å². The Bertz CT molecular complexity index is 135. The van der Waals surface area contributed by atoms with Gasteiger partial charge in [-0.05, 0) is 23.7 Å². The van der Waals surface area contributed by atoms with Crippen molar-refractivity contribution >= 4 is 0 Å². The van der Waals surface area contributed by atoms with Gasteiger partial charge in [-0.2, -0.15) is 0 Å². The molecule has 0 rings (SSSR count). The first-order valence-electron chi connectivity index (χ1n) is 5.46. The standard InChI is InChI=1S/C12H26O/c1-7-9(2)10(3)11(13)8-12(4,5)6/h9-11,13H,7-8H2,1-6H3. The molecule has 80 valence electrons. The SMILES string of the molecule is CCC(C)C(C)C(O)CC(C)(C)C. The van der Waals surface area contributed by atoms with Gasteiger partial charge < -0.3 is 5.11 Å². The van der Waals surface area contributed by atoms with Gasteiger partial charge in [0, 0.05) is 0 Å². The van der Waals surface area contributed by atoms with E-state index in [0.29, 0.717) is 11.8 Å². The van der Waals surface area contributed by atoms with Crippen LogP contribution in [0.15, 0.2) is 0 Å². The Balaban J connectivity index is 4.03. The average molecular weight is 186 g/mol. The lowest BCUT2D eigenvalue weighted by Crippen LogP contribution is -2.28. The summed E-state index contributed by atoms with van der Waals surface area (Å²) in [6, 6.07) is 0. The Labute approximate surface area is 83.5 Å². The summed E-state index contributed by atoms with van der Waals surface area (Å²) in [5.74, 6) is 1.04. The summed E-state index contributed by atoms with van der Waals surface area (Å²) in [5, 5.41) is 9.95. The first-order valence-corrected chi connectivity index (χ1v) is 5.46. The fourth-order valence-corrected chi connectivity index (χ4v) is 1.56. The highest BCUT2D eigenvalue weighted by Crippen LogP contribution is 2.28. The molecule has 0 spiro atoms. The van der Waals surface area contributed by atoms with Crippen LogP contribution in [0.1, 0.15) is 54.4 Å². The van der Waals surface area contributed by atoms with Crippen molar-refractivity contribution in [3.8, 4) is 0 Å². The molecular weight excluding hydrogens is 160 g/mol. The molecule has 3 atom stereocenters. The summed E-state index contributed by atoms with van der Waals surface area (Å²) in [6.07, 6.45) is 1.91. The van der Waals surface area contributed by atoms with Gasteiger partial charge in [0.05, 0.1) is 6.10 Å². The minimum absolute atomic E-state index is 0.144. The van der Waals surface area contributed by atoms with Crippen molar-refractivity contribution in [2.24, 2.45) is 17.3 Å². The van der Waals surface area contributed by atoms with E-state index in [4.69, 9.17) is 0 Å². The molecule has 13 heavy (non-hydrogen) atoms. The van der Waals surface area contributed by atoms with Gasteiger partial charge in [0.25, 0.3) is 0 Å². The highest BCUT2D eigenvalue weighted by Gasteiger charge is 2.24. The van der Waals surface area contributed by atoms with Crippen molar-refractivity contribution in [1.29, 1.82) is 0 Å². The Kier molecular flexibility index (Phi) is 4.98. The zero-order valence-electron chi connectivity index (χ0n) is 10.1. The molecule has 1 nitrogen and oxygen atoms in total. The Morgan fingerprint density at radius 3 is 1.92 bits per heavy atom. The Morgan fingerprint density at radius 1 is 1.15 bits per heavy atom. The van der Waals surface area contributed by atoms with E-state index in [0.717, 1.165) is 12.8 Å². The zero-order valence-corrected chi connectivity index (χ0v) is 10.1. The summed E-state index contributed by atoms with van der Waals surface area (Å²) < 4.78 is 0. The maximum absolute atomic E-state index is 9.95. The molecule has 0 aromatic rings. The highest BCUT2D eigenvalue weighted by atomic mass is 16.3. The average Bonchev–Trinajstić information content (AvgIpc) is 1.98. The molecule has 0 amide bonds. The smallest absolute Gasteiger partial charge is 0.0573 e. The van der Waals surface area contributed by atoms with Gasteiger partial charge in [-0.15, -0.1) is 0 Å².